The van der Waals surface area contributed by atoms with E-state index in [-0.39, 0.29) is 6.04 Å². The summed E-state index contributed by atoms with van der Waals surface area (Å²) in [5.74, 6) is 2.52. The van der Waals surface area contributed by atoms with Gasteiger partial charge >= 0.3 is 0 Å². The fraction of sp³-hybridized carbons (Fsp3) is 0.273. The topological polar surface area (TPSA) is 65.1 Å². The van der Waals surface area contributed by atoms with Crippen LogP contribution in [0.5, 0.6) is 0 Å². The third-order valence-electron chi connectivity index (χ3n) is 5.48. The van der Waals surface area contributed by atoms with Crippen LogP contribution in [0.4, 0.5) is 17.6 Å². The third-order valence-corrected chi connectivity index (χ3v) is 5.85. The molecule has 5 rings (SSSR count). The molecule has 0 amide bonds. The Kier molecular flexibility index (Phi) is 4.96. The molecule has 29 heavy (non-hydrogen) atoms. The van der Waals surface area contributed by atoms with Crippen LogP contribution < -0.4 is 21.1 Å². The third kappa shape index (κ3) is 3.73. The van der Waals surface area contributed by atoms with E-state index in [2.05, 4.69) is 56.4 Å². The molecule has 6 nitrogen and oxygen atoms in total. The van der Waals surface area contributed by atoms with E-state index in [9.17, 15) is 0 Å². The Hall–Kier alpha value is -2.83. The van der Waals surface area contributed by atoms with Gasteiger partial charge in [-0.3, -0.25) is 0 Å². The largest absolute Gasteiger partial charge is 0.354 e. The van der Waals surface area contributed by atoms with Crippen LogP contribution in [0.25, 0.3) is 0 Å². The summed E-state index contributed by atoms with van der Waals surface area (Å²) in [5.41, 5.74) is 10.1. The highest BCUT2D eigenvalue weighted by Gasteiger charge is 2.34. The molecule has 3 aromatic rings. The first kappa shape index (κ1) is 18.2. The highest BCUT2D eigenvalue weighted by atomic mass is 35.5. The summed E-state index contributed by atoms with van der Waals surface area (Å²) in [4.78, 5) is 11.9. The molecule has 1 aromatic heterocycles. The lowest BCUT2D eigenvalue weighted by atomic mass is 10.0. The van der Waals surface area contributed by atoms with Crippen molar-refractivity contribution in [2.24, 2.45) is 0 Å². The molecule has 1 atom stereocenters. The fourth-order valence-electron chi connectivity index (χ4n) is 4.00. The van der Waals surface area contributed by atoms with E-state index in [0.717, 1.165) is 54.7 Å². The summed E-state index contributed by atoms with van der Waals surface area (Å²) in [7, 11) is 0. The average molecular weight is 407 g/mol. The Bertz CT molecular complexity index is 1010. The minimum Gasteiger partial charge on any atom is -0.354 e. The molecule has 0 saturated carbocycles. The van der Waals surface area contributed by atoms with Crippen LogP contribution in [0.1, 0.15) is 29.2 Å². The first-order valence-corrected chi connectivity index (χ1v) is 10.4. The summed E-state index contributed by atoms with van der Waals surface area (Å²) >= 11 is 6.27. The van der Waals surface area contributed by atoms with Gasteiger partial charge in [-0.1, -0.05) is 60.1 Å². The molecule has 0 saturated heterocycles. The van der Waals surface area contributed by atoms with Gasteiger partial charge in [-0.05, 0) is 30.0 Å². The van der Waals surface area contributed by atoms with Gasteiger partial charge in [0.25, 0.3) is 0 Å². The van der Waals surface area contributed by atoms with Crippen molar-refractivity contribution < 1.29 is 0 Å². The normalized spacial score (nSPS) is 17.0. The molecule has 1 unspecified atom stereocenters. The molecule has 2 aliphatic heterocycles. The molecular formula is C22H23ClN6. The van der Waals surface area contributed by atoms with E-state index >= 15 is 0 Å². The van der Waals surface area contributed by atoms with Crippen LogP contribution >= 0.6 is 11.6 Å². The van der Waals surface area contributed by atoms with Crippen LogP contribution in [-0.4, -0.2) is 23.1 Å². The monoisotopic (exact) mass is 406 g/mol. The zero-order valence-corrected chi connectivity index (χ0v) is 16.8. The maximum atomic E-state index is 6.27. The minimum absolute atomic E-state index is 0.268. The molecule has 3 N–H and O–H groups in total. The number of nitrogens with one attached hydrogen (secondary N) is 3. The molecule has 0 spiro atoms. The van der Waals surface area contributed by atoms with E-state index < -0.39 is 0 Å². The first-order chi connectivity index (χ1) is 14.3. The van der Waals surface area contributed by atoms with Crippen molar-refractivity contribution in [2.45, 2.75) is 25.4 Å². The van der Waals surface area contributed by atoms with Crippen LogP contribution in [0.2, 0.25) is 5.02 Å². The molecule has 0 bridgehead atoms. The van der Waals surface area contributed by atoms with Gasteiger partial charge in [-0.25, -0.2) is 5.43 Å². The number of aromatic nitrogens is 2. The van der Waals surface area contributed by atoms with Gasteiger partial charge in [0, 0.05) is 24.7 Å². The van der Waals surface area contributed by atoms with Crippen LogP contribution in [0.3, 0.4) is 0 Å². The summed E-state index contributed by atoms with van der Waals surface area (Å²) in [6, 6.07) is 18.7. The van der Waals surface area contributed by atoms with Crippen molar-refractivity contribution in [2.75, 3.05) is 28.7 Å². The number of rotatable bonds is 6. The molecule has 0 radical (unpaired) electrons. The summed E-state index contributed by atoms with van der Waals surface area (Å²) in [6.07, 6.45) is 1.85. The van der Waals surface area contributed by atoms with E-state index in [4.69, 9.17) is 16.6 Å². The van der Waals surface area contributed by atoms with Crippen LogP contribution in [0.15, 0.2) is 54.6 Å². The molecule has 2 aromatic carbocycles. The standard InChI is InChI=1S/C22H23ClN6/c23-17-9-5-4-8-16(17)10-12-24-22-25-20-19-18(27-28-20)11-13-29(21(19)26-22)14-15-6-2-1-3-7-15/h1-9,18,27H,10-14H2,(H2,24,25,26,28). The molecule has 7 heteroatoms. The predicted octanol–water partition coefficient (Wildman–Crippen LogP) is 4.17. The maximum Gasteiger partial charge on any atom is 0.226 e. The summed E-state index contributed by atoms with van der Waals surface area (Å²) < 4.78 is 0. The summed E-state index contributed by atoms with van der Waals surface area (Å²) in [5, 5.41) is 4.17. The Morgan fingerprint density at radius 3 is 2.76 bits per heavy atom. The number of halogens is 1. The van der Waals surface area contributed by atoms with Gasteiger partial charge in [0.2, 0.25) is 5.95 Å². The smallest absolute Gasteiger partial charge is 0.226 e. The predicted molar refractivity (Wildman–Crippen MR) is 117 cm³/mol. The first-order valence-electron chi connectivity index (χ1n) is 9.97. The van der Waals surface area contributed by atoms with Gasteiger partial charge in [-0.2, -0.15) is 9.97 Å². The van der Waals surface area contributed by atoms with E-state index in [0.29, 0.717) is 5.95 Å². The molecule has 148 valence electrons. The number of anilines is 3. The lowest BCUT2D eigenvalue weighted by Crippen LogP contribution is -2.34. The molecule has 2 aliphatic rings. The van der Waals surface area contributed by atoms with Crippen molar-refractivity contribution in [3.63, 3.8) is 0 Å². The molecule has 0 fully saturated rings. The number of hydrogen-bond acceptors (Lipinski definition) is 6. The van der Waals surface area contributed by atoms with Gasteiger partial charge in [-0.15, -0.1) is 0 Å². The van der Waals surface area contributed by atoms with E-state index in [1.165, 1.54) is 11.1 Å². The summed E-state index contributed by atoms with van der Waals surface area (Å²) in [6.45, 7) is 2.52. The minimum atomic E-state index is 0.268. The molecule has 0 aliphatic carbocycles. The van der Waals surface area contributed by atoms with Crippen molar-refractivity contribution >= 4 is 29.2 Å². The maximum absolute atomic E-state index is 6.27. The van der Waals surface area contributed by atoms with Crippen molar-refractivity contribution in [1.82, 2.24) is 15.4 Å². The Labute approximate surface area is 175 Å². The highest BCUT2D eigenvalue weighted by molar-refractivity contribution is 6.31. The Morgan fingerprint density at radius 1 is 1.07 bits per heavy atom. The van der Waals surface area contributed by atoms with Crippen LogP contribution in [0, 0.1) is 0 Å². The zero-order chi connectivity index (χ0) is 19.6. The van der Waals surface area contributed by atoms with E-state index in [1.54, 1.807) is 0 Å². The fourth-order valence-corrected chi connectivity index (χ4v) is 4.23. The Morgan fingerprint density at radius 2 is 1.90 bits per heavy atom. The van der Waals surface area contributed by atoms with Gasteiger partial charge < -0.3 is 15.6 Å². The quantitative estimate of drug-likeness (QED) is 0.571. The number of nitrogens with zero attached hydrogens (tertiary/aromatic N) is 3. The van der Waals surface area contributed by atoms with Gasteiger partial charge in [0.15, 0.2) is 5.82 Å². The van der Waals surface area contributed by atoms with Crippen molar-refractivity contribution in [1.29, 1.82) is 0 Å². The number of hydrogen-bond donors (Lipinski definition) is 3. The molecule has 3 heterocycles. The second-order valence-electron chi connectivity index (χ2n) is 7.42. The SMILES string of the molecule is Clc1ccccc1CCNc1nc2c3c(n1)N(Cc1ccccc1)CCC3NN2. The zero-order valence-electron chi connectivity index (χ0n) is 16.0. The van der Waals surface area contributed by atoms with Crippen LogP contribution in [-0.2, 0) is 13.0 Å². The van der Waals surface area contributed by atoms with E-state index in [1.807, 2.05) is 24.3 Å². The second-order valence-corrected chi connectivity index (χ2v) is 7.83. The number of hydrazine groups is 1. The number of benzene rings is 2. The lowest BCUT2D eigenvalue weighted by Gasteiger charge is -2.32. The van der Waals surface area contributed by atoms with Gasteiger partial charge in [0.1, 0.15) is 5.82 Å². The van der Waals surface area contributed by atoms with Crippen molar-refractivity contribution in [3.8, 4) is 0 Å². The highest BCUT2D eigenvalue weighted by Crippen LogP contribution is 2.41. The molecular weight excluding hydrogens is 384 g/mol. The van der Waals surface area contributed by atoms with Gasteiger partial charge in [0.05, 0.1) is 11.6 Å². The average Bonchev–Trinajstić information content (AvgIpc) is 3.16. The lowest BCUT2D eigenvalue weighted by molar-refractivity contribution is 0.534. The second kappa shape index (κ2) is 7.89. The Balaban J connectivity index is 1.36. The van der Waals surface area contributed by atoms with Crippen molar-refractivity contribution in [3.05, 3.63) is 76.3 Å².